The lowest BCUT2D eigenvalue weighted by Crippen LogP contribution is -2.20. The van der Waals surface area contributed by atoms with Gasteiger partial charge in [-0.25, -0.2) is 4.98 Å². The summed E-state index contributed by atoms with van der Waals surface area (Å²) in [6, 6.07) is 17.8. The highest BCUT2D eigenvalue weighted by atomic mass is 35.5. The first-order valence-electron chi connectivity index (χ1n) is 9.52. The highest BCUT2D eigenvalue weighted by Gasteiger charge is 2.16. The molecule has 0 radical (unpaired) electrons. The van der Waals surface area contributed by atoms with Crippen molar-refractivity contribution in [1.29, 1.82) is 0 Å². The fraction of sp³-hybridized carbons (Fsp3) is 0.0870. The minimum absolute atomic E-state index is 0.284. The molecule has 3 heterocycles. The first kappa shape index (κ1) is 19.1. The molecule has 0 amide bonds. The van der Waals surface area contributed by atoms with Gasteiger partial charge in [0.2, 0.25) is 5.82 Å². The van der Waals surface area contributed by atoms with Gasteiger partial charge in [-0.3, -0.25) is 4.79 Å². The second-order valence-corrected chi connectivity index (χ2v) is 7.61. The molecule has 5 rings (SSSR count). The summed E-state index contributed by atoms with van der Waals surface area (Å²) in [6.45, 7) is 0. The van der Waals surface area contributed by atoms with Crippen molar-refractivity contribution in [2.45, 2.75) is 0 Å². The van der Waals surface area contributed by atoms with Gasteiger partial charge >= 0.3 is 0 Å². The van der Waals surface area contributed by atoms with Crippen LogP contribution in [0, 0.1) is 0 Å². The summed E-state index contributed by atoms with van der Waals surface area (Å²) in [6.07, 6.45) is 1.48. The Kier molecular flexibility index (Phi) is 4.60. The van der Waals surface area contributed by atoms with Gasteiger partial charge in [0.05, 0.1) is 17.1 Å². The molecule has 3 aromatic heterocycles. The van der Waals surface area contributed by atoms with E-state index in [1.807, 2.05) is 31.1 Å². The van der Waals surface area contributed by atoms with E-state index in [9.17, 15) is 4.79 Å². The highest BCUT2D eigenvalue weighted by Crippen LogP contribution is 2.29. The minimum Gasteiger partial charge on any atom is -0.453 e. The molecule has 0 unspecified atom stereocenters. The molecule has 8 heteroatoms. The molecule has 0 saturated heterocycles. The summed E-state index contributed by atoms with van der Waals surface area (Å²) in [5.74, 6) is 1.88. The maximum Gasteiger partial charge on any atom is 0.282 e. The van der Waals surface area contributed by atoms with Gasteiger partial charge in [0.25, 0.3) is 5.56 Å². The number of aromatic nitrogens is 2. The fourth-order valence-electron chi connectivity index (χ4n) is 3.28. The number of anilines is 1. The van der Waals surface area contributed by atoms with E-state index in [-0.39, 0.29) is 11.4 Å². The van der Waals surface area contributed by atoms with Crippen molar-refractivity contribution >= 4 is 45.6 Å². The number of rotatable bonds is 4. The highest BCUT2D eigenvalue weighted by molar-refractivity contribution is 6.31. The van der Waals surface area contributed by atoms with Gasteiger partial charge in [-0.2, -0.15) is 9.78 Å². The number of hydrogen-bond acceptors (Lipinski definition) is 6. The third kappa shape index (κ3) is 3.49. The predicted octanol–water partition coefficient (Wildman–Crippen LogP) is 5.00. The van der Waals surface area contributed by atoms with E-state index < -0.39 is 0 Å². The second-order valence-electron chi connectivity index (χ2n) is 7.18. The maximum atomic E-state index is 13.2. The summed E-state index contributed by atoms with van der Waals surface area (Å²) < 4.78 is 12.9. The van der Waals surface area contributed by atoms with Crippen LogP contribution in [0.3, 0.4) is 0 Å². The molecule has 0 saturated carbocycles. The summed E-state index contributed by atoms with van der Waals surface area (Å²) in [7, 11) is 3.76. The van der Waals surface area contributed by atoms with Crippen molar-refractivity contribution in [2.75, 3.05) is 19.0 Å². The number of hydrogen-bond donors (Lipinski definition) is 0. The number of para-hydroxylation sites is 1. The van der Waals surface area contributed by atoms with Crippen LogP contribution >= 0.6 is 11.6 Å². The Labute approximate surface area is 181 Å². The van der Waals surface area contributed by atoms with Gasteiger partial charge < -0.3 is 13.7 Å². The molecule has 0 aliphatic heterocycles. The van der Waals surface area contributed by atoms with Crippen LogP contribution in [0.1, 0.15) is 5.76 Å². The number of halogens is 1. The fourth-order valence-corrected chi connectivity index (χ4v) is 3.46. The average Bonchev–Trinajstić information content (AvgIpc) is 3.40. The van der Waals surface area contributed by atoms with Crippen LogP contribution < -0.4 is 10.5 Å². The van der Waals surface area contributed by atoms with Crippen LogP contribution in [0.15, 0.2) is 79.4 Å². The number of furan rings is 2. The Morgan fingerprint density at radius 2 is 1.90 bits per heavy atom. The molecular formula is C23H17ClN4O3. The van der Waals surface area contributed by atoms with Crippen LogP contribution in [0.25, 0.3) is 33.5 Å². The van der Waals surface area contributed by atoms with E-state index in [2.05, 4.69) is 10.1 Å². The van der Waals surface area contributed by atoms with Crippen molar-refractivity contribution in [3.63, 3.8) is 0 Å². The molecule has 0 N–H and O–H groups in total. The summed E-state index contributed by atoms with van der Waals surface area (Å²) in [5, 5.41) is 6.24. The Morgan fingerprint density at radius 3 is 2.71 bits per heavy atom. The molecule has 0 aliphatic rings. The van der Waals surface area contributed by atoms with Gasteiger partial charge in [0.15, 0.2) is 11.6 Å². The van der Waals surface area contributed by atoms with Crippen LogP contribution in [-0.4, -0.2) is 30.0 Å². The molecule has 7 nitrogen and oxygen atoms in total. The summed E-state index contributed by atoms with van der Waals surface area (Å²) in [4.78, 5) is 19.7. The zero-order chi connectivity index (χ0) is 21.5. The molecule has 5 aromatic rings. The van der Waals surface area contributed by atoms with E-state index in [0.717, 1.165) is 5.39 Å². The lowest BCUT2D eigenvalue weighted by atomic mass is 10.2. The van der Waals surface area contributed by atoms with Crippen LogP contribution in [0.5, 0.6) is 0 Å². The first-order valence-corrected chi connectivity index (χ1v) is 9.90. The molecule has 2 aromatic carbocycles. The zero-order valence-electron chi connectivity index (χ0n) is 16.7. The number of benzene rings is 2. The third-order valence-corrected chi connectivity index (χ3v) is 5.04. The average molecular weight is 433 g/mol. The molecule has 0 aliphatic carbocycles. The van der Waals surface area contributed by atoms with Crippen molar-refractivity contribution in [2.24, 2.45) is 5.10 Å². The molecule has 154 valence electrons. The molecule has 0 bridgehead atoms. The lowest BCUT2D eigenvalue weighted by Gasteiger charge is -2.07. The maximum absolute atomic E-state index is 13.2. The van der Waals surface area contributed by atoms with Gasteiger partial charge in [0, 0.05) is 30.6 Å². The van der Waals surface area contributed by atoms with E-state index in [4.69, 9.17) is 20.4 Å². The van der Waals surface area contributed by atoms with Crippen molar-refractivity contribution in [1.82, 2.24) is 9.66 Å². The van der Waals surface area contributed by atoms with Crippen molar-refractivity contribution in [3.05, 3.63) is 81.8 Å². The normalized spacial score (nSPS) is 11.7. The van der Waals surface area contributed by atoms with Crippen molar-refractivity contribution in [3.8, 4) is 11.6 Å². The van der Waals surface area contributed by atoms with Crippen LogP contribution in [0.4, 0.5) is 5.88 Å². The van der Waals surface area contributed by atoms with Gasteiger partial charge in [-0.05, 0) is 42.5 Å². The molecule has 31 heavy (non-hydrogen) atoms. The Morgan fingerprint density at radius 1 is 1.06 bits per heavy atom. The predicted molar refractivity (Wildman–Crippen MR) is 122 cm³/mol. The smallest absolute Gasteiger partial charge is 0.282 e. The standard InChI is InChI=1S/C23H17ClN4O3/c1-27(2)21-10-8-16(30-21)13-25-28-22(26-18-6-4-3-5-17(18)23(28)29)20-12-14-11-15(24)7-9-19(14)31-20/h3-13H,1-2H3. The topological polar surface area (TPSA) is 76.8 Å². The Hall–Kier alpha value is -3.84. The second kappa shape index (κ2) is 7.45. The van der Waals surface area contributed by atoms with Crippen LogP contribution in [-0.2, 0) is 0 Å². The van der Waals surface area contributed by atoms with Crippen molar-refractivity contribution < 1.29 is 8.83 Å². The monoisotopic (exact) mass is 432 g/mol. The molecule has 0 atom stereocenters. The molecule has 0 spiro atoms. The lowest BCUT2D eigenvalue weighted by molar-refractivity contribution is 0.557. The van der Waals surface area contributed by atoms with Gasteiger partial charge in [-0.1, -0.05) is 23.7 Å². The first-order chi connectivity index (χ1) is 15.0. The molecular weight excluding hydrogens is 416 g/mol. The third-order valence-electron chi connectivity index (χ3n) is 4.81. The SMILES string of the molecule is CN(C)c1ccc(C=Nn2c(-c3cc4cc(Cl)ccc4o3)nc3ccccc3c2=O)o1. The molecule has 0 fully saturated rings. The summed E-state index contributed by atoms with van der Waals surface area (Å²) >= 11 is 6.10. The largest absolute Gasteiger partial charge is 0.453 e. The van der Waals surface area contributed by atoms with E-state index >= 15 is 0 Å². The van der Waals surface area contributed by atoms with Gasteiger partial charge in [-0.15, -0.1) is 0 Å². The van der Waals surface area contributed by atoms with Crippen LogP contribution in [0.2, 0.25) is 5.02 Å². The zero-order valence-corrected chi connectivity index (χ0v) is 17.5. The number of fused-ring (bicyclic) bond motifs is 2. The minimum atomic E-state index is -0.310. The Balaban J connectivity index is 1.70. The van der Waals surface area contributed by atoms with E-state index in [1.54, 1.807) is 48.5 Å². The summed E-state index contributed by atoms with van der Waals surface area (Å²) in [5.41, 5.74) is 0.883. The number of nitrogens with zero attached hydrogens (tertiary/aromatic N) is 4. The quantitative estimate of drug-likeness (QED) is 0.373. The van der Waals surface area contributed by atoms with E-state index in [0.29, 0.717) is 38.9 Å². The van der Waals surface area contributed by atoms with E-state index in [1.165, 1.54) is 10.9 Å². The Bertz CT molecular complexity index is 1510. The van der Waals surface area contributed by atoms with Gasteiger partial charge in [0.1, 0.15) is 11.3 Å².